The maximum absolute atomic E-state index is 11.1. The molecular formula is C38H62O12. The second kappa shape index (κ2) is 13.4. The Morgan fingerprint density at radius 3 is 2.24 bits per heavy atom. The minimum Gasteiger partial charge on any atom is -0.394 e. The highest BCUT2D eigenvalue weighted by molar-refractivity contribution is 5.15. The van der Waals surface area contributed by atoms with Crippen molar-refractivity contribution in [2.75, 3.05) is 19.8 Å². The van der Waals surface area contributed by atoms with Crippen LogP contribution >= 0.6 is 0 Å². The Hall–Kier alpha value is -0.480. The highest BCUT2D eigenvalue weighted by Crippen LogP contribution is 2.71. The summed E-state index contributed by atoms with van der Waals surface area (Å²) in [7, 11) is 0. The number of aliphatic hydroxyl groups excluding tert-OH is 6. The molecule has 4 aliphatic carbocycles. The van der Waals surface area contributed by atoms with Crippen LogP contribution in [-0.2, 0) is 28.4 Å². The molecular weight excluding hydrogens is 648 g/mol. The fourth-order valence-corrected chi connectivity index (χ4v) is 12.9. The van der Waals surface area contributed by atoms with Gasteiger partial charge in [-0.15, -0.1) is 0 Å². The third kappa shape index (κ3) is 5.68. The van der Waals surface area contributed by atoms with Gasteiger partial charge in [-0.05, 0) is 104 Å². The maximum atomic E-state index is 11.1. The first-order valence-corrected chi connectivity index (χ1v) is 19.7. The molecule has 50 heavy (non-hydrogen) atoms. The molecule has 8 aliphatic rings. The second-order valence-electron chi connectivity index (χ2n) is 18.3. The van der Waals surface area contributed by atoms with Crippen LogP contribution in [0.25, 0.3) is 0 Å². The summed E-state index contributed by atoms with van der Waals surface area (Å²) in [6, 6.07) is 0. The average Bonchev–Trinajstić information content (AvgIpc) is 3.55. The summed E-state index contributed by atoms with van der Waals surface area (Å²) < 4.78 is 36.9. The third-order valence-corrected chi connectivity index (χ3v) is 15.8. The van der Waals surface area contributed by atoms with Crippen molar-refractivity contribution in [2.24, 2.45) is 52.3 Å². The number of fused-ring (bicyclic) bond motifs is 7. The van der Waals surface area contributed by atoms with E-state index in [2.05, 4.69) is 27.7 Å². The van der Waals surface area contributed by atoms with Gasteiger partial charge in [0.05, 0.1) is 32.0 Å². The lowest BCUT2D eigenvalue weighted by atomic mass is 9.44. The predicted octanol–water partition coefficient (Wildman–Crippen LogP) is 2.08. The van der Waals surface area contributed by atoms with Crippen molar-refractivity contribution < 1.29 is 59.1 Å². The molecule has 0 aromatic heterocycles. The van der Waals surface area contributed by atoms with Gasteiger partial charge >= 0.3 is 0 Å². The van der Waals surface area contributed by atoms with Gasteiger partial charge in [-0.25, -0.2) is 0 Å². The first-order valence-electron chi connectivity index (χ1n) is 19.7. The second-order valence-corrected chi connectivity index (χ2v) is 18.3. The Morgan fingerprint density at radius 2 is 1.50 bits per heavy atom. The number of hydrogen-bond donors (Lipinski definition) is 6. The van der Waals surface area contributed by atoms with Gasteiger partial charge in [0.25, 0.3) is 0 Å². The van der Waals surface area contributed by atoms with Crippen molar-refractivity contribution in [3.63, 3.8) is 0 Å². The smallest absolute Gasteiger partial charge is 0.186 e. The van der Waals surface area contributed by atoms with E-state index >= 15 is 0 Å². The highest BCUT2D eigenvalue weighted by Gasteiger charge is 2.69. The SMILES string of the molecule is C[C@H]1CC[C@@]2(OC1)O[C@H]1C[C@H]3[C@@H]4CC[C@@H]5C[C@@H](O[C@@H]6O[C@H](CO)[C@@H](O[C@@H]7OC[C@@H](O)[C@@H](O)[C@@H]7O)[C@H](O)[C@H]6O)CC[C@]5(C)[C@H]4CC[C@]3(C)[C@H]1[C@@H]2C. The van der Waals surface area contributed by atoms with E-state index in [0.717, 1.165) is 45.1 Å². The Morgan fingerprint density at radius 1 is 0.740 bits per heavy atom. The molecule has 6 N–H and O–H groups in total. The molecule has 0 aromatic rings. The molecule has 0 unspecified atom stereocenters. The van der Waals surface area contributed by atoms with E-state index in [-0.39, 0.29) is 29.3 Å². The zero-order valence-electron chi connectivity index (χ0n) is 30.2. The number of ether oxygens (including phenoxy) is 6. The highest BCUT2D eigenvalue weighted by atomic mass is 16.7. The summed E-state index contributed by atoms with van der Waals surface area (Å²) in [5.74, 6) is 3.74. The van der Waals surface area contributed by atoms with Gasteiger partial charge in [-0.3, -0.25) is 0 Å². The van der Waals surface area contributed by atoms with Crippen LogP contribution in [0.4, 0.5) is 0 Å². The van der Waals surface area contributed by atoms with E-state index < -0.39 is 61.9 Å². The normalized spacial score (nSPS) is 59.4. The average molecular weight is 711 g/mol. The van der Waals surface area contributed by atoms with Crippen LogP contribution in [0.5, 0.6) is 0 Å². The monoisotopic (exact) mass is 710 g/mol. The molecule has 12 nitrogen and oxygen atoms in total. The molecule has 8 rings (SSSR count). The lowest BCUT2D eigenvalue weighted by molar-refractivity contribution is -0.354. The van der Waals surface area contributed by atoms with E-state index in [0.29, 0.717) is 47.5 Å². The Balaban J connectivity index is 0.894. The summed E-state index contributed by atoms with van der Waals surface area (Å²) in [5, 5.41) is 62.4. The van der Waals surface area contributed by atoms with Gasteiger partial charge < -0.3 is 59.1 Å². The number of aliphatic hydroxyl groups is 6. The Kier molecular flexibility index (Phi) is 9.76. The van der Waals surface area contributed by atoms with Crippen molar-refractivity contribution in [3.05, 3.63) is 0 Å². The molecule has 0 aromatic carbocycles. The van der Waals surface area contributed by atoms with Crippen molar-refractivity contribution in [1.29, 1.82) is 0 Å². The number of rotatable bonds is 5. The first-order chi connectivity index (χ1) is 23.8. The van der Waals surface area contributed by atoms with Gasteiger partial charge in [-0.1, -0.05) is 27.7 Å². The standard InChI is InChI=1S/C38H62O12/c1-18-7-12-38(46-16-18)19(2)28-26(50-38)14-24-22-6-5-20-13-21(8-10-36(20,3)23(22)9-11-37(24,28)4)47-35-32(44)30(42)33(27(15-39)48-35)49-34-31(43)29(41)25(40)17-45-34/h18-35,39-44H,5-17H2,1-4H3/t18-,19-,20+,21-,22+,23-,24-,25+,26-,27+,28-,29+,30+,31-,32+,33+,34-,35+,36-,37-,38+/m0/s1. The molecule has 8 fully saturated rings. The Bertz CT molecular complexity index is 1210. The minimum atomic E-state index is -1.58. The summed E-state index contributed by atoms with van der Waals surface area (Å²) in [5.41, 5.74) is 0.502. The quantitative estimate of drug-likeness (QED) is 0.230. The van der Waals surface area contributed by atoms with Crippen LogP contribution < -0.4 is 0 Å². The molecule has 4 saturated heterocycles. The third-order valence-electron chi connectivity index (χ3n) is 15.8. The summed E-state index contributed by atoms with van der Waals surface area (Å²) in [4.78, 5) is 0. The van der Waals surface area contributed by atoms with E-state index in [1.807, 2.05) is 0 Å². The van der Waals surface area contributed by atoms with Crippen LogP contribution in [0.2, 0.25) is 0 Å². The molecule has 4 aliphatic heterocycles. The molecule has 0 amide bonds. The summed E-state index contributed by atoms with van der Waals surface area (Å²) in [6.45, 7) is 9.79. The van der Waals surface area contributed by atoms with Crippen molar-refractivity contribution in [2.45, 2.75) is 165 Å². The zero-order chi connectivity index (χ0) is 35.3. The van der Waals surface area contributed by atoms with Gasteiger partial charge in [0.1, 0.15) is 42.7 Å². The van der Waals surface area contributed by atoms with Gasteiger partial charge in [-0.2, -0.15) is 0 Å². The molecule has 4 heterocycles. The first kappa shape index (κ1) is 36.5. The Labute approximate surface area is 296 Å². The van der Waals surface area contributed by atoms with Gasteiger partial charge in [0.15, 0.2) is 18.4 Å². The van der Waals surface area contributed by atoms with Crippen molar-refractivity contribution in [3.8, 4) is 0 Å². The molecule has 4 saturated carbocycles. The molecule has 12 heteroatoms. The van der Waals surface area contributed by atoms with Crippen LogP contribution in [0.3, 0.4) is 0 Å². The summed E-state index contributed by atoms with van der Waals surface area (Å²) in [6.07, 6.45) is -1.12. The van der Waals surface area contributed by atoms with Gasteiger partial charge in [0.2, 0.25) is 0 Å². The maximum Gasteiger partial charge on any atom is 0.186 e. The predicted molar refractivity (Wildman–Crippen MR) is 177 cm³/mol. The lowest BCUT2D eigenvalue weighted by Gasteiger charge is -2.61. The van der Waals surface area contributed by atoms with E-state index in [9.17, 15) is 30.6 Å². The molecule has 0 bridgehead atoms. The van der Waals surface area contributed by atoms with Crippen molar-refractivity contribution >= 4 is 0 Å². The van der Waals surface area contributed by atoms with Crippen LogP contribution in [0, 0.1) is 52.3 Å². The van der Waals surface area contributed by atoms with Crippen molar-refractivity contribution in [1.82, 2.24) is 0 Å². The zero-order valence-corrected chi connectivity index (χ0v) is 30.2. The number of hydrogen-bond acceptors (Lipinski definition) is 12. The van der Waals surface area contributed by atoms with E-state index in [1.54, 1.807) is 0 Å². The topological polar surface area (TPSA) is 177 Å². The van der Waals surface area contributed by atoms with Crippen LogP contribution in [0.1, 0.15) is 91.9 Å². The summed E-state index contributed by atoms with van der Waals surface area (Å²) >= 11 is 0. The largest absolute Gasteiger partial charge is 0.394 e. The van der Waals surface area contributed by atoms with Gasteiger partial charge in [0, 0.05) is 12.3 Å². The van der Waals surface area contributed by atoms with E-state index in [4.69, 9.17) is 28.4 Å². The molecule has 0 radical (unpaired) electrons. The minimum absolute atomic E-state index is 0.156. The van der Waals surface area contributed by atoms with Crippen LogP contribution in [-0.4, -0.2) is 124 Å². The molecule has 1 spiro atoms. The van der Waals surface area contributed by atoms with Crippen LogP contribution in [0.15, 0.2) is 0 Å². The fourth-order valence-electron chi connectivity index (χ4n) is 12.9. The molecule has 21 atom stereocenters. The molecule has 286 valence electrons. The van der Waals surface area contributed by atoms with E-state index in [1.165, 1.54) is 25.7 Å². The fraction of sp³-hybridized carbons (Fsp3) is 1.00. The lowest BCUT2D eigenvalue weighted by Crippen LogP contribution is -2.63.